The van der Waals surface area contributed by atoms with Gasteiger partial charge in [-0.3, -0.25) is 15.2 Å². The molecule has 3 heterocycles. The average Bonchev–Trinajstić information content (AvgIpc) is 3.41. The number of nitrogens with zero attached hydrogens (tertiary/aromatic N) is 4. The second-order valence-corrected chi connectivity index (χ2v) is 9.14. The molecule has 2 aromatic heterocycles. The second-order valence-electron chi connectivity index (χ2n) is 9.14. The molecule has 1 saturated heterocycles. The van der Waals surface area contributed by atoms with Crippen molar-refractivity contribution < 1.29 is 19.0 Å². The molecule has 39 heavy (non-hydrogen) atoms. The summed E-state index contributed by atoms with van der Waals surface area (Å²) in [7, 11) is 0. The van der Waals surface area contributed by atoms with Gasteiger partial charge in [-0.1, -0.05) is 12.1 Å². The summed E-state index contributed by atoms with van der Waals surface area (Å²) >= 11 is 0. The molecule has 0 spiro atoms. The van der Waals surface area contributed by atoms with Gasteiger partial charge < -0.3 is 19.5 Å². The van der Waals surface area contributed by atoms with Gasteiger partial charge in [-0.2, -0.15) is 5.10 Å². The Kier molecular flexibility index (Phi) is 8.79. The predicted octanol–water partition coefficient (Wildman–Crippen LogP) is 4.86. The first-order valence-electron chi connectivity index (χ1n) is 12.9. The van der Waals surface area contributed by atoms with Crippen molar-refractivity contribution in [2.45, 2.75) is 13.5 Å². The highest BCUT2D eigenvalue weighted by molar-refractivity contribution is 5.99. The Morgan fingerprint density at radius 1 is 0.949 bits per heavy atom. The average molecular weight is 529 g/mol. The fourth-order valence-electron chi connectivity index (χ4n) is 4.15. The molecule has 2 aromatic carbocycles. The van der Waals surface area contributed by atoms with E-state index in [0.717, 1.165) is 49.8 Å². The quantitative estimate of drug-likeness (QED) is 0.283. The SMILES string of the molecule is Cc1cc(Oc2ccc(NC(=O)Nc3ccnn3-c3ccc(COCCN4CCOCC4)cc3)cc2)ccn1. The summed E-state index contributed by atoms with van der Waals surface area (Å²) < 4.78 is 18.7. The number of morpholine rings is 1. The number of anilines is 2. The molecule has 1 aliphatic rings. The van der Waals surface area contributed by atoms with Crippen molar-refractivity contribution in [2.75, 3.05) is 50.1 Å². The van der Waals surface area contributed by atoms with Crippen molar-refractivity contribution in [3.63, 3.8) is 0 Å². The molecular weight excluding hydrogens is 496 g/mol. The number of hydrogen-bond donors (Lipinski definition) is 2. The first-order chi connectivity index (χ1) is 19.1. The van der Waals surface area contributed by atoms with Crippen LogP contribution in [-0.4, -0.2) is 65.2 Å². The lowest BCUT2D eigenvalue weighted by atomic mass is 10.2. The van der Waals surface area contributed by atoms with E-state index >= 15 is 0 Å². The maximum Gasteiger partial charge on any atom is 0.324 e. The van der Waals surface area contributed by atoms with Gasteiger partial charge in [0.25, 0.3) is 0 Å². The third-order valence-electron chi connectivity index (χ3n) is 6.21. The summed E-state index contributed by atoms with van der Waals surface area (Å²) in [5.74, 6) is 1.92. The van der Waals surface area contributed by atoms with Gasteiger partial charge in [0.1, 0.15) is 17.3 Å². The number of pyridine rings is 1. The van der Waals surface area contributed by atoms with Crippen molar-refractivity contribution in [1.82, 2.24) is 19.7 Å². The Morgan fingerprint density at radius 2 is 1.74 bits per heavy atom. The van der Waals surface area contributed by atoms with E-state index in [0.29, 0.717) is 36.2 Å². The lowest BCUT2D eigenvalue weighted by Gasteiger charge is -2.26. The van der Waals surface area contributed by atoms with Crippen LogP contribution in [0.4, 0.5) is 16.3 Å². The van der Waals surface area contributed by atoms with Crippen LogP contribution in [0.2, 0.25) is 0 Å². The van der Waals surface area contributed by atoms with Crippen LogP contribution in [0, 0.1) is 6.92 Å². The first kappa shape index (κ1) is 26.4. The molecule has 0 aliphatic carbocycles. The highest BCUT2D eigenvalue weighted by Crippen LogP contribution is 2.23. The molecule has 2 N–H and O–H groups in total. The minimum Gasteiger partial charge on any atom is -0.457 e. The molecule has 4 aromatic rings. The largest absolute Gasteiger partial charge is 0.457 e. The third kappa shape index (κ3) is 7.64. The van der Waals surface area contributed by atoms with E-state index in [-0.39, 0.29) is 6.03 Å². The minimum absolute atomic E-state index is 0.375. The van der Waals surface area contributed by atoms with Crippen molar-refractivity contribution in [1.29, 1.82) is 0 Å². The summed E-state index contributed by atoms with van der Waals surface area (Å²) in [5, 5.41) is 10.1. The molecule has 0 atom stereocenters. The van der Waals surface area contributed by atoms with Crippen LogP contribution in [-0.2, 0) is 16.1 Å². The molecule has 5 rings (SSSR count). The van der Waals surface area contributed by atoms with E-state index in [1.807, 2.05) is 37.3 Å². The number of benzene rings is 2. The Bertz CT molecular complexity index is 1350. The number of aromatic nitrogens is 3. The molecule has 1 aliphatic heterocycles. The maximum atomic E-state index is 12.7. The minimum atomic E-state index is -0.375. The zero-order chi connectivity index (χ0) is 26.9. The summed E-state index contributed by atoms with van der Waals surface area (Å²) in [6, 6.07) is 20.1. The monoisotopic (exact) mass is 528 g/mol. The lowest BCUT2D eigenvalue weighted by molar-refractivity contribution is 0.0180. The van der Waals surface area contributed by atoms with Crippen LogP contribution in [0.1, 0.15) is 11.3 Å². The number of carbonyl (C=O) groups is 1. The zero-order valence-electron chi connectivity index (χ0n) is 21.9. The normalized spacial score (nSPS) is 13.7. The molecule has 0 unspecified atom stereocenters. The topological polar surface area (TPSA) is 103 Å². The van der Waals surface area contributed by atoms with Gasteiger partial charge in [0, 0.05) is 49.3 Å². The van der Waals surface area contributed by atoms with Gasteiger partial charge in [0.15, 0.2) is 0 Å². The van der Waals surface area contributed by atoms with Crippen LogP contribution in [0.5, 0.6) is 11.5 Å². The number of carbonyl (C=O) groups excluding carboxylic acids is 1. The number of hydrogen-bond acceptors (Lipinski definition) is 7. The molecular formula is C29H32N6O4. The van der Waals surface area contributed by atoms with Gasteiger partial charge in [-0.15, -0.1) is 0 Å². The van der Waals surface area contributed by atoms with Crippen LogP contribution >= 0.6 is 0 Å². The van der Waals surface area contributed by atoms with Crippen LogP contribution < -0.4 is 15.4 Å². The Hall–Kier alpha value is -4.25. The van der Waals surface area contributed by atoms with Crippen molar-refractivity contribution in [3.8, 4) is 17.2 Å². The number of urea groups is 1. The molecule has 10 heteroatoms. The van der Waals surface area contributed by atoms with Crippen LogP contribution in [0.15, 0.2) is 79.1 Å². The van der Waals surface area contributed by atoms with E-state index in [2.05, 4.69) is 25.6 Å². The lowest BCUT2D eigenvalue weighted by Crippen LogP contribution is -2.38. The Balaban J connectivity index is 1.10. The number of aryl methyl sites for hydroxylation is 1. The second kappa shape index (κ2) is 13.0. The Labute approximate surface area is 227 Å². The molecule has 1 fully saturated rings. The van der Waals surface area contributed by atoms with Crippen LogP contribution in [0.3, 0.4) is 0 Å². The standard InChI is InChI=1S/C29H32N6O4/c1-22-20-27(10-12-30-22)39-26-8-4-24(5-9-26)32-29(36)33-28-11-13-31-35(28)25-6-2-23(3-7-25)21-38-19-16-34-14-17-37-18-15-34/h2-13,20H,14-19,21H2,1H3,(H2,32,33,36). The fourth-order valence-corrected chi connectivity index (χ4v) is 4.15. The number of ether oxygens (including phenoxy) is 3. The number of rotatable bonds is 10. The molecule has 0 radical (unpaired) electrons. The van der Waals surface area contributed by atoms with E-state index in [4.69, 9.17) is 14.2 Å². The number of amides is 2. The summed E-state index contributed by atoms with van der Waals surface area (Å²) in [5.41, 5.74) is 3.42. The summed E-state index contributed by atoms with van der Waals surface area (Å²) in [6.07, 6.45) is 3.35. The van der Waals surface area contributed by atoms with Gasteiger partial charge in [-0.05, 0) is 55.0 Å². The molecule has 10 nitrogen and oxygen atoms in total. The summed E-state index contributed by atoms with van der Waals surface area (Å²) in [4.78, 5) is 19.2. The molecule has 2 amide bonds. The van der Waals surface area contributed by atoms with E-state index in [1.165, 1.54) is 0 Å². The molecule has 0 saturated carbocycles. The smallest absolute Gasteiger partial charge is 0.324 e. The van der Waals surface area contributed by atoms with Crippen molar-refractivity contribution in [3.05, 3.63) is 90.4 Å². The molecule has 0 bridgehead atoms. The third-order valence-corrected chi connectivity index (χ3v) is 6.21. The predicted molar refractivity (Wildman–Crippen MR) is 149 cm³/mol. The van der Waals surface area contributed by atoms with E-state index < -0.39 is 0 Å². The van der Waals surface area contributed by atoms with Gasteiger partial charge in [-0.25, -0.2) is 9.48 Å². The van der Waals surface area contributed by atoms with E-state index in [1.54, 1.807) is 53.5 Å². The number of nitrogens with one attached hydrogen (secondary N) is 2. The first-order valence-corrected chi connectivity index (χ1v) is 12.9. The maximum absolute atomic E-state index is 12.7. The highest BCUT2D eigenvalue weighted by atomic mass is 16.5. The van der Waals surface area contributed by atoms with Gasteiger partial charge in [0.2, 0.25) is 0 Å². The van der Waals surface area contributed by atoms with Gasteiger partial charge >= 0.3 is 6.03 Å². The zero-order valence-corrected chi connectivity index (χ0v) is 21.9. The van der Waals surface area contributed by atoms with E-state index in [9.17, 15) is 4.79 Å². The fraction of sp³-hybridized carbons (Fsp3) is 0.276. The van der Waals surface area contributed by atoms with Crippen LogP contribution in [0.25, 0.3) is 5.69 Å². The van der Waals surface area contributed by atoms with Crippen molar-refractivity contribution >= 4 is 17.5 Å². The van der Waals surface area contributed by atoms with Gasteiger partial charge in [0.05, 0.1) is 38.3 Å². The summed E-state index contributed by atoms with van der Waals surface area (Å²) in [6.45, 7) is 7.56. The van der Waals surface area contributed by atoms with Crippen molar-refractivity contribution in [2.24, 2.45) is 0 Å². The highest BCUT2D eigenvalue weighted by Gasteiger charge is 2.11. The Morgan fingerprint density at radius 3 is 2.51 bits per heavy atom. The molecule has 202 valence electrons.